The predicted octanol–water partition coefficient (Wildman–Crippen LogP) is 3.06. The summed E-state index contributed by atoms with van der Waals surface area (Å²) < 4.78 is 6.34. The van der Waals surface area contributed by atoms with Crippen LogP contribution in [0.4, 0.5) is 0 Å². The molecule has 110 valence electrons. The number of aromatic carboxylic acids is 1. The van der Waals surface area contributed by atoms with Crippen molar-refractivity contribution in [2.45, 2.75) is 13.8 Å². The van der Waals surface area contributed by atoms with Crippen LogP contribution in [0, 0.1) is 5.92 Å². The van der Waals surface area contributed by atoms with Crippen LogP contribution in [-0.4, -0.2) is 30.1 Å². The molecule has 0 heterocycles. The second-order valence-electron chi connectivity index (χ2n) is 4.56. The Morgan fingerprint density at radius 2 is 1.85 bits per heavy atom. The average Bonchev–Trinajstić information content (AvgIpc) is 2.34. The minimum absolute atomic E-state index is 0.125. The highest BCUT2D eigenvalue weighted by molar-refractivity contribution is 9.11. The molecule has 0 aliphatic rings. The number of hydrogen-bond donors (Lipinski definition) is 2. The third-order valence-corrected chi connectivity index (χ3v) is 3.48. The van der Waals surface area contributed by atoms with Crippen LogP contribution in [0.3, 0.4) is 0 Å². The molecule has 0 radical (unpaired) electrons. The fourth-order valence-electron chi connectivity index (χ4n) is 1.33. The monoisotopic (exact) mass is 407 g/mol. The summed E-state index contributed by atoms with van der Waals surface area (Å²) in [6.45, 7) is 4.46. The van der Waals surface area contributed by atoms with E-state index in [0.29, 0.717) is 27.2 Å². The topological polar surface area (TPSA) is 75.6 Å². The van der Waals surface area contributed by atoms with Crippen molar-refractivity contribution >= 4 is 43.7 Å². The SMILES string of the molecule is CC(C)CNC(=O)COc1c(Br)cc(C(=O)O)cc1Br. The molecule has 2 N–H and O–H groups in total. The van der Waals surface area contributed by atoms with Crippen molar-refractivity contribution in [2.24, 2.45) is 5.92 Å². The lowest BCUT2D eigenvalue weighted by atomic mass is 10.2. The molecule has 7 heteroatoms. The van der Waals surface area contributed by atoms with Gasteiger partial charge in [0.25, 0.3) is 5.91 Å². The van der Waals surface area contributed by atoms with E-state index in [-0.39, 0.29) is 18.1 Å². The molecule has 0 unspecified atom stereocenters. The lowest BCUT2D eigenvalue weighted by Crippen LogP contribution is -2.31. The van der Waals surface area contributed by atoms with E-state index in [9.17, 15) is 9.59 Å². The number of hydrogen-bond acceptors (Lipinski definition) is 3. The molecule has 0 saturated carbocycles. The quantitative estimate of drug-likeness (QED) is 0.758. The van der Waals surface area contributed by atoms with Gasteiger partial charge in [-0.15, -0.1) is 0 Å². The number of benzene rings is 1. The number of carbonyl (C=O) groups is 2. The molecule has 1 aromatic rings. The van der Waals surface area contributed by atoms with Crippen molar-refractivity contribution < 1.29 is 19.4 Å². The van der Waals surface area contributed by atoms with Crippen LogP contribution in [0.1, 0.15) is 24.2 Å². The maximum absolute atomic E-state index is 11.6. The lowest BCUT2D eigenvalue weighted by molar-refractivity contribution is -0.123. The molecular weight excluding hydrogens is 394 g/mol. The number of halogens is 2. The van der Waals surface area contributed by atoms with Gasteiger partial charge in [0.1, 0.15) is 5.75 Å². The standard InChI is InChI=1S/C13H15Br2NO4/c1-7(2)5-16-11(17)6-20-12-9(14)3-8(13(18)19)4-10(12)15/h3-4,7H,5-6H2,1-2H3,(H,16,17)(H,18,19). The summed E-state index contributed by atoms with van der Waals surface area (Å²) in [4.78, 5) is 22.4. The summed E-state index contributed by atoms with van der Waals surface area (Å²) in [5, 5.41) is 11.7. The van der Waals surface area contributed by atoms with Crippen molar-refractivity contribution in [2.75, 3.05) is 13.2 Å². The van der Waals surface area contributed by atoms with E-state index >= 15 is 0 Å². The second-order valence-corrected chi connectivity index (χ2v) is 6.27. The smallest absolute Gasteiger partial charge is 0.335 e. The first-order valence-corrected chi connectivity index (χ1v) is 7.51. The van der Waals surface area contributed by atoms with E-state index in [1.807, 2.05) is 13.8 Å². The van der Waals surface area contributed by atoms with Crippen molar-refractivity contribution in [3.8, 4) is 5.75 Å². The van der Waals surface area contributed by atoms with E-state index in [0.717, 1.165) is 0 Å². The predicted molar refractivity (Wildman–Crippen MR) is 82.1 cm³/mol. The number of carboxylic acid groups (broad SMARTS) is 1. The molecule has 1 rings (SSSR count). The van der Waals surface area contributed by atoms with Crippen LogP contribution >= 0.6 is 31.9 Å². The van der Waals surface area contributed by atoms with Gasteiger partial charge in [0.15, 0.2) is 6.61 Å². The van der Waals surface area contributed by atoms with Gasteiger partial charge in [-0.3, -0.25) is 4.79 Å². The molecule has 20 heavy (non-hydrogen) atoms. The number of ether oxygens (including phenoxy) is 1. The third kappa shape index (κ3) is 5.13. The van der Waals surface area contributed by atoms with E-state index in [1.54, 1.807) is 0 Å². The van der Waals surface area contributed by atoms with Crippen LogP contribution in [0.5, 0.6) is 5.75 Å². The number of carboxylic acids is 1. The van der Waals surface area contributed by atoms with Crippen molar-refractivity contribution in [1.29, 1.82) is 0 Å². The largest absolute Gasteiger partial charge is 0.481 e. The maximum Gasteiger partial charge on any atom is 0.335 e. The number of amides is 1. The van der Waals surface area contributed by atoms with Gasteiger partial charge in [0.05, 0.1) is 14.5 Å². The zero-order chi connectivity index (χ0) is 15.3. The van der Waals surface area contributed by atoms with Gasteiger partial charge in [-0.1, -0.05) is 13.8 Å². The summed E-state index contributed by atoms with van der Waals surface area (Å²) in [6, 6.07) is 2.85. The maximum atomic E-state index is 11.6. The summed E-state index contributed by atoms with van der Waals surface area (Å²) >= 11 is 6.46. The molecule has 5 nitrogen and oxygen atoms in total. The zero-order valence-electron chi connectivity index (χ0n) is 11.1. The Hall–Kier alpha value is -1.08. The molecule has 0 atom stereocenters. The second kappa shape index (κ2) is 7.64. The van der Waals surface area contributed by atoms with Crippen LogP contribution < -0.4 is 10.1 Å². The Bertz CT molecular complexity index is 494. The van der Waals surface area contributed by atoms with Gasteiger partial charge in [-0.25, -0.2) is 4.79 Å². The average molecular weight is 409 g/mol. The van der Waals surface area contributed by atoms with Crippen LogP contribution in [-0.2, 0) is 4.79 Å². The summed E-state index contributed by atoms with van der Waals surface area (Å²) in [6.07, 6.45) is 0. The molecule has 1 amide bonds. The highest BCUT2D eigenvalue weighted by Gasteiger charge is 2.14. The molecule has 1 aromatic carbocycles. The molecule has 0 fully saturated rings. The van der Waals surface area contributed by atoms with E-state index in [2.05, 4.69) is 37.2 Å². The molecule has 0 aliphatic carbocycles. The summed E-state index contributed by atoms with van der Waals surface area (Å²) in [7, 11) is 0. The van der Waals surface area contributed by atoms with E-state index in [4.69, 9.17) is 9.84 Å². The first kappa shape index (κ1) is 17.0. The molecule has 0 aliphatic heterocycles. The Labute approximate surface area is 134 Å². The van der Waals surface area contributed by atoms with Crippen LogP contribution in [0.25, 0.3) is 0 Å². The molecule has 0 saturated heterocycles. The highest BCUT2D eigenvalue weighted by Crippen LogP contribution is 2.34. The minimum atomic E-state index is -1.03. The van der Waals surface area contributed by atoms with Crippen molar-refractivity contribution in [1.82, 2.24) is 5.32 Å². The molecular formula is C13H15Br2NO4. The normalized spacial score (nSPS) is 10.4. The van der Waals surface area contributed by atoms with Gasteiger partial charge in [-0.2, -0.15) is 0 Å². The van der Waals surface area contributed by atoms with Gasteiger partial charge >= 0.3 is 5.97 Å². The first-order chi connectivity index (χ1) is 9.31. The zero-order valence-corrected chi connectivity index (χ0v) is 14.2. The van der Waals surface area contributed by atoms with Crippen LogP contribution in [0.2, 0.25) is 0 Å². The van der Waals surface area contributed by atoms with Gasteiger partial charge in [0.2, 0.25) is 0 Å². The van der Waals surface area contributed by atoms with Crippen molar-refractivity contribution in [3.63, 3.8) is 0 Å². The van der Waals surface area contributed by atoms with Gasteiger partial charge in [0, 0.05) is 6.54 Å². The fourth-order valence-corrected chi connectivity index (χ4v) is 2.74. The van der Waals surface area contributed by atoms with Crippen LogP contribution in [0.15, 0.2) is 21.1 Å². The first-order valence-electron chi connectivity index (χ1n) is 5.93. The van der Waals surface area contributed by atoms with Gasteiger partial charge < -0.3 is 15.2 Å². The molecule has 0 aromatic heterocycles. The Kier molecular flexibility index (Phi) is 6.48. The number of nitrogens with one attached hydrogen (secondary N) is 1. The number of rotatable bonds is 6. The third-order valence-electron chi connectivity index (χ3n) is 2.30. The van der Waals surface area contributed by atoms with Gasteiger partial charge in [-0.05, 0) is 49.9 Å². The van der Waals surface area contributed by atoms with Crippen molar-refractivity contribution in [3.05, 3.63) is 26.6 Å². The van der Waals surface area contributed by atoms with E-state index in [1.165, 1.54) is 12.1 Å². The Morgan fingerprint density at radius 3 is 2.30 bits per heavy atom. The molecule has 0 spiro atoms. The highest BCUT2D eigenvalue weighted by atomic mass is 79.9. The summed E-state index contributed by atoms with van der Waals surface area (Å²) in [5.74, 6) is -0.491. The molecule has 0 bridgehead atoms. The van der Waals surface area contributed by atoms with E-state index < -0.39 is 5.97 Å². The fraction of sp³-hybridized carbons (Fsp3) is 0.385. The Morgan fingerprint density at radius 1 is 1.30 bits per heavy atom. The summed E-state index contributed by atoms with van der Waals surface area (Å²) in [5.41, 5.74) is 0.125. The Balaban J connectivity index is 2.69. The lowest BCUT2D eigenvalue weighted by Gasteiger charge is -2.12. The minimum Gasteiger partial charge on any atom is -0.481 e. The number of carbonyl (C=O) groups excluding carboxylic acids is 1.